The molecule has 1 aliphatic heterocycles. The Kier molecular flexibility index (Phi) is 6.52. The quantitative estimate of drug-likeness (QED) is 0.569. The van der Waals surface area contributed by atoms with E-state index < -0.39 is 16.1 Å². The molecule has 4 rings (SSSR count). The fourth-order valence-corrected chi connectivity index (χ4v) is 5.27. The number of methoxy groups -OCH3 is 2. The highest BCUT2D eigenvalue weighted by Gasteiger charge is 2.28. The Balaban J connectivity index is 1.49. The molecule has 0 radical (unpaired) electrons. The van der Waals surface area contributed by atoms with E-state index in [1.807, 2.05) is 18.2 Å². The molecule has 2 amide bonds. The van der Waals surface area contributed by atoms with Gasteiger partial charge in [-0.3, -0.25) is 0 Å². The molecule has 0 unspecified atom stereocenters. The molecule has 0 bridgehead atoms. The second-order valence-corrected chi connectivity index (χ2v) is 9.44. The summed E-state index contributed by atoms with van der Waals surface area (Å²) in [5.41, 5.74) is 2.95. The number of benzene rings is 3. The van der Waals surface area contributed by atoms with Crippen LogP contribution in [0.25, 0.3) is 0 Å². The number of ether oxygens (including phenoxy) is 2. The number of nitrogens with zero attached hydrogens (tertiary/aromatic N) is 1. The van der Waals surface area contributed by atoms with Gasteiger partial charge in [-0.05, 0) is 53.9 Å². The first-order valence-electron chi connectivity index (χ1n) is 10.4. The van der Waals surface area contributed by atoms with Crippen molar-refractivity contribution in [2.24, 2.45) is 0 Å². The third-order valence-corrected chi connectivity index (χ3v) is 7.33. The van der Waals surface area contributed by atoms with Crippen LogP contribution in [0.2, 0.25) is 0 Å². The third kappa shape index (κ3) is 4.79. The number of hydrogen-bond donors (Lipinski definition) is 2. The van der Waals surface area contributed by atoms with Crippen molar-refractivity contribution in [3.05, 3.63) is 77.9 Å². The highest BCUT2D eigenvalue weighted by molar-refractivity contribution is 7.89. The molecule has 0 aliphatic carbocycles. The lowest BCUT2D eigenvalue weighted by atomic mass is 10.0. The number of nitrogens with one attached hydrogen (secondary N) is 2. The van der Waals surface area contributed by atoms with Gasteiger partial charge in [-0.2, -0.15) is 4.31 Å². The van der Waals surface area contributed by atoms with Crippen molar-refractivity contribution >= 4 is 27.4 Å². The summed E-state index contributed by atoms with van der Waals surface area (Å²) >= 11 is 0. The van der Waals surface area contributed by atoms with Crippen LogP contribution >= 0.6 is 0 Å². The minimum atomic E-state index is -3.59. The zero-order valence-electron chi connectivity index (χ0n) is 18.4. The minimum Gasteiger partial charge on any atom is -0.493 e. The number of sulfonamides is 1. The van der Waals surface area contributed by atoms with Crippen molar-refractivity contribution < 1.29 is 22.7 Å². The van der Waals surface area contributed by atoms with Crippen LogP contribution in [0.3, 0.4) is 0 Å². The van der Waals surface area contributed by atoms with Crippen LogP contribution in [0.15, 0.2) is 71.6 Å². The number of carbonyl (C=O) groups excluding carboxylic acids is 1. The summed E-state index contributed by atoms with van der Waals surface area (Å²) in [5.74, 6) is 0.922. The number of para-hydroxylation sites is 1. The molecule has 172 valence electrons. The molecular weight excluding hydrogens is 442 g/mol. The Morgan fingerprint density at radius 3 is 2.42 bits per heavy atom. The monoisotopic (exact) mass is 467 g/mol. The average molecular weight is 468 g/mol. The maximum atomic E-state index is 13.0. The molecule has 0 aromatic heterocycles. The van der Waals surface area contributed by atoms with Gasteiger partial charge >= 0.3 is 6.03 Å². The number of anilines is 2. The van der Waals surface area contributed by atoms with Gasteiger partial charge in [0, 0.05) is 18.8 Å². The summed E-state index contributed by atoms with van der Waals surface area (Å²) in [5, 5.41) is 5.56. The lowest BCUT2D eigenvalue weighted by Crippen LogP contribution is -2.36. The van der Waals surface area contributed by atoms with Crippen molar-refractivity contribution in [2.45, 2.75) is 17.9 Å². The van der Waals surface area contributed by atoms with E-state index in [9.17, 15) is 13.2 Å². The molecule has 3 aromatic carbocycles. The first kappa shape index (κ1) is 22.6. The summed E-state index contributed by atoms with van der Waals surface area (Å²) < 4.78 is 38.1. The summed E-state index contributed by atoms with van der Waals surface area (Å²) in [4.78, 5) is 12.9. The van der Waals surface area contributed by atoms with Crippen LogP contribution in [0.4, 0.5) is 16.2 Å². The minimum absolute atomic E-state index is 0.243. The number of fused-ring (bicyclic) bond motifs is 1. The fraction of sp³-hybridized carbons (Fsp3) is 0.208. The second kappa shape index (κ2) is 9.51. The van der Waals surface area contributed by atoms with Crippen molar-refractivity contribution in [1.29, 1.82) is 0 Å². The maximum absolute atomic E-state index is 13.0. The van der Waals surface area contributed by atoms with E-state index in [-0.39, 0.29) is 11.4 Å². The zero-order chi connectivity index (χ0) is 23.4. The predicted molar refractivity (Wildman–Crippen MR) is 126 cm³/mol. The molecule has 0 spiro atoms. The number of carbonyl (C=O) groups is 1. The predicted octanol–water partition coefficient (Wildman–Crippen LogP) is 4.09. The van der Waals surface area contributed by atoms with Crippen LogP contribution in [0.1, 0.15) is 11.1 Å². The molecule has 1 heterocycles. The van der Waals surface area contributed by atoms with Crippen LogP contribution in [0, 0.1) is 0 Å². The number of hydrogen-bond acceptors (Lipinski definition) is 5. The first-order valence-corrected chi connectivity index (χ1v) is 11.8. The fourth-order valence-electron chi connectivity index (χ4n) is 3.83. The molecule has 2 N–H and O–H groups in total. The summed E-state index contributed by atoms with van der Waals surface area (Å²) in [6.07, 6.45) is 0.606. The lowest BCUT2D eigenvalue weighted by molar-refractivity contribution is 0.262. The highest BCUT2D eigenvalue weighted by Crippen LogP contribution is 2.35. The van der Waals surface area contributed by atoms with Gasteiger partial charge in [0.15, 0.2) is 11.5 Å². The van der Waals surface area contributed by atoms with Gasteiger partial charge in [0.2, 0.25) is 10.0 Å². The maximum Gasteiger partial charge on any atom is 0.323 e. The topological polar surface area (TPSA) is 97.0 Å². The van der Waals surface area contributed by atoms with E-state index >= 15 is 0 Å². The Hall–Kier alpha value is -3.56. The van der Waals surface area contributed by atoms with E-state index in [4.69, 9.17) is 9.47 Å². The second-order valence-electron chi connectivity index (χ2n) is 7.51. The van der Waals surface area contributed by atoms with Gasteiger partial charge in [-0.1, -0.05) is 30.3 Å². The Morgan fingerprint density at radius 1 is 0.909 bits per heavy atom. The van der Waals surface area contributed by atoms with Gasteiger partial charge in [-0.25, -0.2) is 13.2 Å². The molecular formula is C24H25N3O5S. The standard InChI is InChI=1S/C24H25N3O5S/c1-31-22-10-6-9-21(23(22)32-2)26-24(28)25-19-12-11-17-13-14-27(16-18(17)15-19)33(29,30)20-7-4-3-5-8-20/h3-12,15H,13-14,16H2,1-2H3,(H2,25,26,28). The smallest absolute Gasteiger partial charge is 0.323 e. The van der Waals surface area contributed by atoms with E-state index in [1.54, 1.807) is 48.5 Å². The molecule has 0 saturated heterocycles. The van der Waals surface area contributed by atoms with E-state index in [0.29, 0.717) is 35.8 Å². The molecule has 3 aromatic rings. The van der Waals surface area contributed by atoms with Crippen molar-refractivity contribution in [3.8, 4) is 11.5 Å². The lowest BCUT2D eigenvalue weighted by Gasteiger charge is -2.28. The van der Waals surface area contributed by atoms with Crippen LogP contribution < -0.4 is 20.1 Å². The molecule has 0 fully saturated rings. The molecule has 9 heteroatoms. The summed E-state index contributed by atoms with van der Waals surface area (Å²) in [7, 11) is -0.564. The van der Waals surface area contributed by atoms with Gasteiger partial charge < -0.3 is 20.1 Å². The van der Waals surface area contributed by atoms with E-state index in [0.717, 1.165) is 11.1 Å². The molecule has 0 atom stereocenters. The molecule has 1 aliphatic rings. The zero-order valence-corrected chi connectivity index (χ0v) is 19.2. The van der Waals surface area contributed by atoms with Gasteiger partial charge in [0.05, 0.1) is 24.8 Å². The van der Waals surface area contributed by atoms with Crippen LogP contribution in [0.5, 0.6) is 11.5 Å². The molecule has 33 heavy (non-hydrogen) atoms. The largest absolute Gasteiger partial charge is 0.493 e. The van der Waals surface area contributed by atoms with E-state index in [1.165, 1.54) is 18.5 Å². The summed E-state index contributed by atoms with van der Waals surface area (Å²) in [6, 6.07) is 18.7. The molecule has 8 nitrogen and oxygen atoms in total. The Labute approximate surface area is 193 Å². The highest BCUT2D eigenvalue weighted by atomic mass is 32.2. The number of urea groups is 1. The van der Waals surface area contributed by atoms with E-state index in [2.05, 4.69) is 10.6 Å². The SMILES string of the molecule is COc1cccc(NC(=O)Nc2ccc3c(c2)CN(S(=O)(=O)c2ccccc2)CC3)c1OC. The van der Waals surface area contributed by atoms with Crippen molar-refractivity contribution in [3.63, 3.8) is 0 Å². The van der Waals surface area contributed by atoms with Crippen molar-refractivity contribution in [1.82, 2.24) is 4.31 Å². The van der Waals surface area contributed by atoms with Gasteiger partial charge in [0.25, 0.3) is 0 Å². The normalized spacial score (nSPS) is 13.6. The van der Waals surface area contributed by atoms with Gasteiger partial charge in [0.1, 0.15) is 0 Å². The Bertz CT molecular complexity index is 1260. The van der Waals surface area contributed by atoms with Gasteiger partial charge in [-0.15, -0.1) is 0 Å². The third-order valence-electron chi connectivity index (χ3n) is 5.47. The van der Waals surface area contributed by atoms with Crippen LogP contribution in [-0.4, -0.2) is 39.5 Å². The number of rotatable bonds is 6. The number of amides is 2. The first-order chi connectivity index (χ1) is 15.9. The average Bonchev–Trinajstić information content (AvgIpc) is 2.83. The van der Waals surface area contributed by atoms with Crippen molar-refractivity contribution in [2.75, 3.05) is 31.4 Å². The Morgan fingerprint density at radius 2 is 1.70 bits per heavy atom. The van der Waals surface area contributed by atoms with Crippen LogP contribution in [-0.2, 0) is 23.0 Å². The summed E-state index contributed by atoms with van der Waals surface area (Å²) in [6.45, 7) is 0.653. The molecule has 0 saturated carbocycles.